The SMILES string of the molecule is O=S1CCC(NS(=O)(=O)c2cc(Cl)c(Br)s2)CC1. The summed E-state index contributed by atoms with van der Waals surface area (Å²) in [6.07, 6.45) is 1.23. The third-order valence-corrected chi connectivity index (χ3v) is 8.45. The van der Waals surface area contributed by atoms with Crippen LogP contribution in [0.1, 0.15) is 12.8 Å². The molecule has 0 atom stereocenters. The van der Waals surface area contributed by atoms with Gasteiger partial charge in [0.25, 0.3) is 0 Å². The summed E-state index contributed by atoms with van der Waals surface area (Å²) in [5, 5.41) is 0.394. The highest BCUT2D eigenvalue weighted by atomic mass is 79.9. The number of hydrogen-bond donors (Lipinski definition) is 1. The summed E-state index contributed by atoms with van der Waals surface area (Å²) in [7, 11) is -4.32. The molecule has 0 aromatic carbocycles. The van der Waals surface area contributed by atoms with E-state index in [0.717, 1.165) is 11.3 Å². The second-order valence-electron chi connectivity index (χ2n) is 3.93. The van der Waals surface area contributed by atoms with Crippen molar-refractivity contribution in [1.29, 1.82) is 0 Å². The molecule has 2 rings (SSSR count). The van der Waals surface area contributed by atoms with Crippen molar-refractivity contribution in [2.75, 3.05) is 11.5 Å². The molecular weight excluding hydrogens is 382 g/mol. The molecule has 0 aliphatic carbocycles. The summed E-state index contributed by atoms with van der Waals surface area (Å²) in [5.41, 5.74) is 0. The molecule has 9 heteroatoms. The van der Waals surface area contributed by atoms with Crippen LogP contribution < -0.4 is 4.72 Å². The van der Waals surface area contributed by atoms with Crippen molar-refractivity contribution in [3.63, 3.8) is 0 Å². The fraction of sp³-hybridized carbons (Fsp3) is 0.556. The monoisotopic (exact) mass is 391 g/mol. The van der Waals surface area contributed by atoms with E-state index in [1.54, 1.807) is 0 Å². The molecule has 18 heavy (non-hydrogen) atoms. The molecule has 1 saturated heterocycles. The second kappa shape index (κ2) is 5.88. The third kappa shape index (κ3) is 3.55. The lowest BCUT2D eigenvalue weighted by Gasteiger charge is -2.21. The molecular formula is C9H11BrClNO3S3. The van der Waals surface area contributed by atoms with Gasteiger partial charge in [-0.15, -0.1) is 11.3 Å². The Kier molecular flexibility index (Phi) is 4.88. The topological polar surface area (TPSA) is 63.2 Å². The summed E-state index contributed by atoms with van der Waals surface area (Å²) >= 11 is 10.1. The van der Waals surface area contributed by atoms with Crippen molar-refractivity contribution in [3.8, 4) is 0 Å². The number of sulfonamides is 1. The molecule has 1 aromatic heterocycles. The first-order valence-corrected chi connectivity index (χ1v) is 10.2. The van der Waals surface area contributed by atoms with Gasteiger partial charge in [-0.25, -0.2) is 13.1 Å². The van der Waals surface area contributed by atoms with E-state index >= 15 is 0 Å². The highest BCUT2D eigenvalue weighted by molar-refractivity contribution is 9.11. The van der Waals surface area contributed by atoms with Crippen molar-refractivity contribution in [3.05, 3.63) is 14.9 Å². The molecule has 1 aliphatic rings. The van der Waals surface area contributed by atoms with Gasteiger partial charge in [0, 0.05) is 28.3 Å². The predicted molar refractivity (Wildman–Crippen MR) is 78.2 cm³/mol. The number of hydrogen-bond acceptors (Lipinski definition) is 4. The first-order chi connectivity index (χ1) is 8.38. The summed E-state index contributed by atoms with van der Waals surface area (Å²) in [6, 6.07) is 1.30. The van der Waals surface area contributed by atoms with Gasteiger partial charge in [-0.1, -0.05) is 11.6 Å². The van der Waals surface area contributed by atoms with Gasteiger partial charge in [-0.3, -0.25) is 4.21 Å². The van der Waals surface area contributed by atoms with Crippen LogP contribution in [0, 0.1) is 0 Å². The van der Waals surface area contributed by atoms with E-state index in [1.165, 1.54) is 6.07 Å². The van der Waals surface area contributed by atoms with Crippen molar-refractivity contribution in [2.24, 2.45) is 0 Å². The molecule has 0 radical (unpaired) electrons. The van der Waals surface area contributed by atoms with Gasteiger partial charge in [0.05, 0.1) is 8.81 Å². The summed E-state index contributed by atoms with van der Waals surface area (Å²) < 4.78 is 38.8. The number of thiophene rings is 1. The van der Waals surface area contributed by atoms with E-state index < -0.39 is 20.8 Å². The van der Waals surface area contributed by atoms with Crippen LogP contribution in [0.2, 0.25) is 5.02 Å². The molecule has 4 nitrogen and oxygen atoms in total. The van der Waals surface area contributed by atoms with Crippen LogP contribution in [0.4, 0.5) is 0 Å². The van der Waals surface area contributed by atoms with Crippen LogP contribution in [0.15, 0.2) is 14.1 Å². The van der Waals surface area contributed by atoms with E-state index in [0.29, 0.717) is 33.2 Å². The minimum Gasteiger partial charge on any atom is -0.260 e. The average Bonchev–Trinajstić information content (AvgIpc) is 2.63. The maximum absolute atomic E-state index is 12.1. The maximum Gasteiger partial charge on any atom is 0.250 e. The molecule has 0 bridgehead atoms. The van der Waals surface area contributed by atoms with Crippen molar-refractivity contribution >= 4 is 59.7 Å². The smallest absolute Gasteiger partial charge is 0.250 e. The Bertz CT molecular complexity index is 542. The van der Waals surface area contributed by atoms with E-state index in [-0.39, 0.29) is 10.3 Å². The van der Waals surface area contributed by atoms with Crippen LogP contribution in [0.5, 0.6) is 0 Å². The third-order valence-electron chi connectivity index (χ3n) is 2.60. The normalized spacial score (nSPS) is 25.2. The van der Waals surface area contributed by atoms with Crippen LogP contribution in [0.25, 0.3) is 0 Å². The van der Waals surface area contributed by atoms with Gasteiger partial charge in [0.15, 0.2) is 0 Å². The molecule has 2 heterocycles. The molecule has 0 saturated carbocycles. The standard InChI is InChI=1S/C9H11BrClNO3S3/c10-9-7(11)5-8(16-9)18(14,15)12-6-1-3-17(13)4-2-6/h5-6,12H,1-4H2. The van der Waals surface area contributed by atoms with Gasteiger partial charge in [-0.2, -0.15) is 0 Å². The Morgan fingerprint density at radius 1 is 1.44 bits per heavy atom. The largest absolute Gasteiger partial charge is 0.260 e. The highest BCUT2D eigenvalue weighted by Gasteiger charge is 2.25. The predicted octanol–water partition coefficient (Wildman–Crippen LogP) is 2.35. The first-order valence-electron chi connectivity index (χ1n) is 5.20. The molecule has 1 N–H and O–H groups in total. The Labute approximate surface area is 126 Å². The van der Waals surface area contributed by atoms with E-state index in [1.807, 2.05) is 0 Å². The fourth-order valence-corrected chi connectivity index (χ4v) is 6.67. The van der Waals surface area contributed by atoms with Crippen molar-refractivity contribution in [2.45, 2.75) is 23.1 Å². The summed E-state index contributed by atoms with van der Waals surface area (Å²) in [5.74, 6) is 1.12. The minimum absolute atomic E-state index is 0.132. The van der Waals surface area contributed by atoms with Gasteiger partial charge < -0.3 is 0 Å². The lowest BCUT2D eigenvalue weighted by molar-refractivity contribution is 0.523. The van der Waals surface area contributed by atoms with Crippen LogP contribution in [-0.2, 0) is 20.8 Å². The average molecular weight is 393 g/mol. The summed E-state index contributed by atoms with van der Waals surface area (Å²) in [4.78, 5) is 0. The van der Waals surface area contributed by atoms with Gasteiger partial charge in [0.2, 0.25) is 10.0 Å². The fourth-order valence-electron chi connectivity index (χ4n) is 1.65. The quantitative estimate of drug-likeness (QED) is 0.859. The van der Waals surface area contributed by atoms with Gasteiger partial charge >= 0.3 is 0 Å². The van der Waals surface area contributed by atoms with E-state index in [9.17, 15) is 12.6 Å². The van der Waals surface area contributed by atoms with E-state index in [2.05, 4.69) is 20.7 Å². The van der Waals surface area contributed by atoms with Crippen LogP contribution in [-0.4, -0.2) is 30.2 Å². The zero-order chi connectivity index (χ0) is 13.3. The number of nitrogens with one attached hydrogen (secondary N) is 1. The zero-order valence-electron chi connectivity index (χ0n) is 9.19. The lowest BCUT2D eigenvalue weighted by Crippen LogP contribution is -2.39. The number of halogens is 2. The molecule has 1 aliphatic heterocycles. The minimum atomic E-state index is -3.52. The second-order valence-corrected chi connectivity index (χ2v) is 10.3. The molecule has 1 aromatic rings. The Balaban J connectivity index is 2.10. The van der Waals surface area contributed by atoms with Gasteiger partial charge in [-0.05, 0) is 34.8 Å². The van der Waals surface area contributed by atoms with Crippen molar-refractivity contribution in [1.82, 2.24) is 4.72 Å². The molecule has 0 amide bonds. The number of rotatable bonds is 3. The molecule has 102 valence electrons. The highest BCUT2D eigenvalue weighted by Crippen LogP contribution is 2.34. The molecule has 0 spiro atoms. The van der Waals surface area contributed by atoms with Crippen molar-refractivity contribution < 1.29 is 12.6 Å². The van der Waals surface area contributed by atoms with Crippen LogP contribution in [0.3, 0.4) is 0 Å². The Hall–Kier alpha value is 0.530. The lowest BCUT2D eigenvalue weighted by atomic mass is 10.2. The molecule has 1 fully saturated rings. The van der Waals surface area contributed by atoms with E-state index in [4.69, 9.17) is 11.6 Å². The Morgan fingerprint density at radius 2 is 2.06 bits per heavy atom. The van der Waals surface area contributed by atoms with Crippen LogP contribution >= 0.6 is 38.9 Å². The maximum atomic E-state index is 12.1. The zero-order valence-corrected chi connectivity index (χ0v) is 14.0. The molecule has 0 unspecified atom stereocenters. The van der Waals surface area contributed by atoms with Gasteiger partial charge in [0.1, 0.15) is 4.21 Å². The first kappa shape index (κ1) is 14.9. The summed E-state index contributed by atoms with van der Waals surface area (Å²) in [6.45, 7) is 0. The Morgan fingerprint density at radius 3 is 2.56 bits per heavy atom.